The van der Waals surface area contributed by atoms with E-state index in [0.29, 0.717) is 21.4 Å². The molecule has 0 unspecified atom stereocenters. The van der Waals surface area contributed by atoms with Crippen LogP contribution in [0.4, 0.5) is 5.82 Å². The van der Waals surface area contributed by atoms with Gasteiger partial charge in [0.1, 0.15) is 5.82 Å². The second kappa shape index (κ2) is 5.38. The van der Waals surface area contributed by atoms with Crippen molar-refractivity contribution in [2.45, 2.75) is 6.92 Å². The quantitative estimate of drug-likeness (QED) is 0.905. The van der Waals surface area contributed by atoms with Crippen LogP contribution in [0.3, 0.4) is 0 Å². The zero-order valence-electron chi connectivity index (χ0n) is 9.58. The van der Waals surface area contributed by atoms with Gasteiger partial charge in [-0.2, -0.15) is 0 Å². The van der Waals surface area contributed by atoms with Gasteiger partial charge in [-0.3, -0.25) is 4.79 Å². The first-order chi connectivity index (χ1) is 8.56. The van der Waals surface area contributed by atoms with Gasteiger partial charge < -0.3 is 5.32 Å². The fourth-order valence-corrected chi connectivity index (χ4v) is 1.66. The number of benzene rings is 1. The van der Waals surface area contributed by atoms with Crippen molar-refractivity contribution in [1.82, 2.24) is 4.98 Å². The van der Waals surface area contributed by atoms with Crippen LogP contribution in [0.5, 0.6) is 0 Å². The Morgan fingerprint density at radius 3 is 2.61 bits per heavy atom. The van der Waals surface area contributed by atoms with E-state index in [4.69, 9.17) is 23.2 Å². The lowest BCUT2D eigenvalue weighted by atomic mass is 10.1. The molecule has 0 bridgehead atoms. The summed E-state index contributed by atoms with van der Waals surface area (Å²) in [4.78, 5) is 15.9. The summed E-state index contributed by atoms with van der Waals surface area (Å²) in [6.45, 7) is 1.88. The van der Waals surface area contributed by atoms with Crippen molar-refractivity contribution in [2.24, 2.45) is 0 Å². The number of carbonyl (C=O) groups excluding carboxylic acids is 1. The van der Waals surface area contributed by atoms with Gasteiger partial charge in [-0.15, -0.1) is 0 Å². The predicted molar refractivity (Wildman–Crippen MR) is 73.4 cm³/mol. The first-order valence-corrected chi connectivity index (χ1v) is 6.01. The molecule has 1 N–H and O–H groups in total. The third kappa shape index (κ3) is 3.00. The van der Waals surface area contributed by atoms with Crippen LogP contribution in [0.15, 0.2) is 36.5 Å². The van der Waals surface area contributed by atoms with Crippen LogP contribution in [0, 0.1) is 6.92 Å². The highest BCUT2D eigenvalue weighted by molar-refractivity contribution is 6.31. The first kappa shape index (κ1) is 12.9. The van der Waals surface area contributed by atoms with Gasteiger partial charge in [0.05, 0.1) is 5.02 Å². The molecule has 92 valence electrons. The standard InChI is InChI=1S/C13H10Cl2N2O/c1-8-2-3-9(6-11(8)15)13(18)17-12-5-4-10(14)7-16-12/h2-7H,1H3,(H,16,17,18). The summed E-state index contributed by atoms with van der Waals surface area (Å²) in [5, 5.41) is 3.75. The molecule has 0 radical (unpaired) electrons. The molecule has 0 saturated heterocycles. The third-order valence-electron chi connectivity index (χ3n) is 2.40. The van der Waals surface area contributed by atoms with Gasteiger partial charge in [0.2, 0.25) is 0 Å². The summed E-state index contributed by atoms with van der Waals surface area (Å²) in [6, 6.07) is 8.43. The number of nitrogens with zero attached hydrogens (tertiary/aromatic N) is 1. The maximum atomic E-state index is 11.9. The molecule has 0 spiro atoms. The topological polar surface area (TPSA) is 42.0 Å². The van der Waals surface area contributed by atoms with E-state index >= 15 is 0 Å². The second-order valence-corrected chi connectivity index (χ2v) is 4.62. The number of nitrogens with one attached hydrogen (secondary N) is 1. The summed E-state index contributed by atoms with van der Waals surface area (Å²) in [6.07, 6.45) is 1.47. The molecule has 1 amide bonds. The maximum Gasteiger partial charge on any atom is 0.256 e. The van der Waals surface area contributed by atoms with E-state index in [-0.39, 0.29) is 5.91 Å². The SMILES string of the molecule is Cc1ccc(C(=O)Nc2ccc(Cl)cn2)cc1Cl. The Labute approximate surface area is 115 Å². The fourth-order valence-electron chi connectivity index (χ4n) is 1.37. The van der Waals surface area contributed by atoms with Gasteiger partial charge in [-0.05, 0) is 36.8 Å². The third-order valence-corrected chi connectivity index (χ3v) is 3.03. The molecule has 1 aromatic carbocycles. The predicted octanol–water partition coefficient (Wildman–Crippen LogP) is 3.95. The van der Waals surface area contributed by atoms with E-state index in [2.05, 4.69) is 10.3 Å². The Morgan fingerprint density at radius 2 is 2.00 bits per heavy atom. The van der Waals surface area contributed by atoms with Crippen molar-refractivity contribution in [3.63, 3.8) is 0 Å². The number of hydrogen-bond acceptors (Lipinski definition) is 2. The highest BCUT2D eigenvalue weighted by Gasteiger charge is 2.08. The lowest BCUT2D eigenvalue weighted by molar-refractivity contribution is 0.102. The first-order valence-electron chi connectivity index (χ1n) is 5.25. The summed E-state index contributed by atoms with van der Waals surface area (Å²) in [5.74, 6) is 0.188. The monoisotopic (exact) mass is 280 g/mol. The van der Waals surface area contributed by atoms with E-state index < -0.39 is 0 Å². The minimum absolute atomic E-state index is 0.258. The van der Waals surface area contributed by atoms with Gasteiger partial charge in [0, 0.05) is 16.8 Å². The van der Waals surface area contributed by atoms with E-state index in [1.165, 1.54) is 6.20 Å². The number of carbonyl (C=O) groups is 1. The Kier molecular flexibility index (Phi) is 3.84. The number of aryl methyl sites for hydroxylation is 1. The molecule has 2 rings (SSSR count). The van der Waals surface area contributed by atoms with Crippen LogP contribution in [-0.2, 0) is 0 Å². The van der Waals surface area contributed by atoms with Crippen molar-refractivity contribution < 1.29 is 4.79 Å². The highest BCUT2D eigenvalue weighted by atomic mass is 35.5. The van der Waals surface area contributed by atoms with Crippen LogP contribution < -0.4 is 5.32 Å². The molecule has 1 aromatic heterocycles. The summed E-state index contributed by atoms with van der Waals surface area (Å²) in [5.41, 5.74) is 1.42. The van der Waals surface area contributed by atoms with Crippen molar-refractivity contribution in [3.8, 4) is 0 Å². The molecular weight excluding hydrogens is 271 g/mol. The number of aromatic nitrogens is 1. The Morgan fingerprint density at radius 1 is 1.22 bits per heavy atom. The molecule has 0 atom stereocenters. The van der Waals surface area contributed by atoms with Crippen LogP contribution >= 0.6 is 23.2 Å². The van der Waals surface area contributed by atoms with Crippen LogP contribution in [0.2, 0.25) is 10.0 Å². The molecule has 18 heavy (non-hydrogen) atoms. The van der Waals surface area contributed by atoms with E-state index in [1.807, 2.05) is 6.92 Å². The summed E-state index contributed by atoms with van der Waals surface area (Å²) < 4.78 is 0. The molecular formula is C13H10Cl2N2O. The fraction of sp³-hybridized carbons (Fsp3) is 0.0769. The molecule has 5 heteroatoms. The average Bonchev–Trinajstić information content (AvgIpc) is 2.35. The smallest absolute Gasteiger partial charge is 0.256 e. The molecule has 0 fully saturated rings. The van der Waals surface area contributed by atoms with Gasteiger partial charge in [0.25, 0.3) is 5.91 Å². The number of halogens is 2. The van der Waals surface area contributed by atoms with Gasteiger partial charge >= 0.3 is 0 Å². The maximum absolute atomic E-state index is 11.9. The molecule has 2 aromatic rings. The number of amides is 1. The van der Waals surface area contributed by atoms with Gasteiger partial charge in [-0.25, -0.2) is 4.98 Å². The van der Waals surface area contributed by atoms with E-state index in [1.54, 1.807) is 30.3 Å². The van der Waals surface area contributed by atoms with Crippen molar-refractivity contribution >= 4 is 34.9 Å². The van der Waals surface area contributed by atoms with Crippen molar-refractivity contribution in [1.29, 1.82) is 0 Å². The normalized spacial score (nSPS) is 10.2. The van der Waals surface area contributed by atoms with Crippen LogP contribution in [0.25, 0.3) is 0 Å². The lowest BCUT2D eigenvalue weighted by Crippen LogP contribution is -2.12. The lowest BCUT2D eigenvalue weighted by Gasteiger charge is -2.05. The molecule has 0 aliphatic rings. The highest BCUT2D eigenvalue weighted by Crippen LogP contribution is 2.17. The second-order valence-electron chi connectivity index (χ2n) is 3.78. The number of pyridine rings is 1. The average molecular weight is 281 g/mol. The van der Waals surface area contributed by atoms with E-state index in [9.17, 15) is 4.79 Å². The molecule has 1 heterocycles. The minimum Gasteiger partial charge on any atom is -0.307 e. The van der Waals surface area contributed by atoms with Crippen LogP contribution in [-0.4, -0.2) is 10.9 Å². The Bertz CT molecular complexity index is 582. The zero-order valence-corrected chi connectivity index (χ0v) is 11.1. The van der Waals surface area contributed by atoms with Crippen molar-refractivity contribution in [3.05, 3.63) is 57.7 Å². The molecule has 0 aliphatic carbocycles. The number of hydrogen-bond donors (Lipinski definition) is 1. The summed E-state index contributed by atoms with van der Waals surface area (Å²) in [7, 11) is 0. The molecule has 0 saturated carbocycles. The molecule has 3 nitrogen and oxygen atoms in total. The Hall–Kier alpha value is -1.58. The van der Waals surface area contributed by atoms with E-state index in [0.717, 1.165) is 5.56 Å². The number of rotatable bonds is 2. The Balaban J connectivity index is 2.16. The van der Waals surface area contributed by atoms with Crippen LogP contribution in [0.1, 0.15) is 15.9 Å². The van der Waals surface area contributed by atoms with Gasteiger partial charge in [-0.1, -0.05) is 29.3 Å². The largest absolute Gasteiger partial charge is 0.307 e. The summed E-state index contributed by atoms with van der Waals surface area (Å²) >= 11 is 11.7. The molecule has 0 aliphatic heterocycles. The minimum atomic E-state index is -0.258. The van der Waals surface area contributed by atoms with Gasteiger partial charge in [0.15, 0.2) is 0 Å². The van der Waals surface area contributed by atoms with Crippen molar-refractivity contribution in [2.75, 3.05) is 5.32 Å². The number of anilines is 1. The zero-order chi connectivity index (χ0) is 13.1.